The van der Waals surface area contributed by atoms with Crippen molar-refractivity contribution in [1.29, 1.82) is 0 Å². The van der Waals surface area contributed by atoms with Gasteiger partial charge < -0.3 is 15.6 Å². The zero-order valence-electron chi connectivity index (χ0n) is 5.35. The summed E-state index contributed by atoms with van der Waals surface area (Å²) in [6, 6.07) is 0. The van der Waals surface area contributed by atoms with Crippen LogP contribution in [0.3, 0.4) is 0 Å². The Morgan fingerprint density at radius 2 is 2.56 bits per heavy atom. The average molecular weight is 126 g/mol. The highest BCUT2D eigenvalue weighted by molar-refractivity contribution is 5.13. The Labute approximate surface area is 54.4 Å². The van der Waals surface area contributed by atoms with Crippen molar-refractivity contribution in [1.82, 2.24) is 10.9 Å². The van der Waals surface area contributed by atoms with Gasteiger partial charge in [-0.1, -0.05) is 0 Å². The molecule has 0 aliphatic carbocycles. The summed E-state index contributed by atoms with van der Waals surface area (Å²) in [5.41, 5.74) is 6.80. The number of hydrazine groups is 1. The normalized spacial score (nSPS) is 15.9. The zero-order chi connectivity index (χ0) is 6.53. The smallest absolute Gasteiger partial charge is 0.0876 e. The van der Waals surface area contributed by atoms with Crippen molar-refractivity contribution < 1.29 is 4.74 Å². The number of methoxy groups -OCH3 is 1. The summed E-state index contributed by atoms with van der Waals surface area (Å²) < 4.78 is 4.88. The monoisotopic (exact) mass is 126 g/mol. The molecule has 3 nitrogen and oxygen atoms in total. The highest BCUT2D eigenvalue weighted by Gasteiger charge is 1.93. The minimum atomic E-state index is 0.622. The maximum Gasteiger partial charge on any atom is 0.0876 e. The number of nitrogens with one attached hydrogen (secondary N) is 2. The van der Waals surface area contributed by atoms with Gasteiger partial charge in [0.25, 0.3) is 0 Å². The predicted molar refractivity (Wildman–Crippen MR) is 35.4 cm³/mol. The SMILES string of the molecule is COCC1=CC=CNN1. The molecular weight excluding hydrogens is 116 g/mol. The molecule has 0 atom stereocenters. The van der Waals surface area contributed by atoms with E-state index < -0.39 is 0 Å². The highest BCUT2D eigenvalue weighted by atomic mass is 16.5. The van der Waals surface area contributed by atoms with E-state index >= 15 is 0 Å². The van der Waals surface area contributed by atoms with Gasteiger partial charge in [0.15, 0.2) is 0 Å². The first-order valence-corrected chi connectivity index (χ1v) is 2.79. The molecule has 2 N–H and O–H groups in total. The maximum atomic E-state index is 4.88. The Hall–Kier alpha value is -0.960. The van der Waals surface area contributed by atoms with Gasteiger partial charge in [-0.3, -0.25) is 0 Å². The lowest BCUT2D eigenvalue weighted by Gasteiger charge is -2.11. The lowest BCUT2D eigenvalue weighted by Crippen LogP contribution is -2.29. The fourth-order valence-corrected chi connectivity index (χ4v) is 0.628. The van der Waals surface area contributed by atoms with Crippen LogP contribution >= 0.6 is 0 Å². The number of ether oxygens (including phenoxy) is 1. The van der Waals surface area contributed by atoms with E-state index in [0.717, 1.165) is 5.70 Å². The molecule has 0 saturated heterocycles. The molecule has 0 aromatic rings. The standard InChI is InChI=1S/C6H10N2O/c1-9-5-6-3-2-4-7-8-6/h2-4,7-8H,5H2,1H3. The van der Waals surface area contributed by atoms with Gasteiger partial charge in [0, 0.05) is 13.3 Å². The number of hydrogen-bond donors (Lipinski definition) is 2. The Morgan fingerprint density at radius 1 is 1.67 bits per heavy atom. The summed E-state index contributed by atoms with van der Waals surface area (Å²) in [6.07, 6.45) is 5.70. The van der Waals surface area contributed by atoms with Gasteiger partial charge in [0.05, 0.1) is 12.3 Å². The van der Waals surface area contributed by atoms with Gasteiger partial charge in [-0.2, -0.15) is 0 Å². The molecule has 1 aliphatic rings. The molecule has 0 radical (unpaired) electrons. The zero-order valence-corrected chi connectivity index (χ0v) is 5.35. The molecule has 0 amide bonds. The van der Waals surface area contributed by atoms with Crippen LogP contribution in [-0.4, -0.2) is 13.7 Å². The van der Waals surface area contributed by atoms with E-state index in [2.05, 4.69) is 10.9 Å². The summed E-state index contributed by atoms with van der Waals surface area (Å²) in [6.45, 7) is 0.622. The molecule has 1 aliphatic heterocycles. The molecule has 9 heavy (non-hydrogen) atoms. The molecule has 0 spiro atoms. The number of rotatable bonds is 2. The second-order valence-electron chi connectivity index (χ2n) is 1.75. The van der Waals surface area contributed by atoms with Crippen LogP contribution < -0.4 is 10.9 Å². The fraction of sp³-hybridized carbons (Fsp3) is 0.333. The molecule has 0 bridgehead atoms. The van der Waals surface area contributed by atoms with Crippen molar-refractivity contribution >= 4 is 0 Å². The van der Waals surface area contributed by atoms with E-state index in [1.807, 2.05) is 18.4 Å². The molecule has 0 unspecified atom stereocenters. The summed E-state index contributed by atoms with van der Waals surface area (Å²) in [5.74, 6) is 0. The molecule has 0 aromatic heterocycles. The van der Waals surface area contributed by atoms with E-state index in [0.29, 0.717) is 6.61 Å². The number of allylic oxidation sites excluding steroid dienone is 2. The van der Waals surface area contributed by atoms with Crippen LogP contribution in [0.15, 0.2) is 24.0 Å². The maximum absolute atomic E-state index is 4.88. The first kappa shape index (κ1) is 6.16. The minimum Gasteiger partial charge on any atom is -0.378 e. The third-order valence-electron chi connectivity index (χ3n) is 1.01. The van der Waals surface area contributed by atoms with Crippen molar-refractivity contribution in [3.63, 3.8) is 0 Å². The van der Waals surface area contributed by atoms with Crippen molar-refractivity contribution in [3.05, 3.63) is 24.0 Å². The van der Waals surface area contributed by atoms with Crippen molar-refractivity contribution in [2.75, 3.05) is 13.7 Å². The molecule has 50 valence electrons. The molecule has 3 heteroatoms. The minimum absolute atomic E-state index is 0.622. The van der Waals surface area contributed by atoms with Gasteiger partial charge in [-0.05, 0) is 12.2 Å². The van der Waals surface area contributed by atoms with Crippen LogP contribution in [0.2, 0.25) is 0 Å². The third-order valence-corrected chi connectivity index (χ3v) is 1.01. The van der Waals surface area contributed by atoms with Gasteiger partial charge in [0.2, 0.25) is 0 Å². The predicted octanol–water partition coefficient (Wildman–Crippen LogP) is 0.138. The average Bonchev–Trinajstić information content (AvgIpc) is 1.91. The van der Waals surface area contributed by atoms with E-state index in [1.54, 1.807) is 7.11 Å². The second kappa shape index (κ2) is 3.14. The topological polar surface area (TPSA) is 33.3 Å². The summed E-state index contributed by atoms with van der Waals surface area (Å²) >= 11 is 0. The van der Waals surface area contributed by atoms with E-state index in [4.69, 9.17) is 4.74 Å². The van der Waals surface area contributed by atoms with Crippen LogP contribution in [0.5, 0.6) is 0 Å². The summed E-state index contributed by atoms with van der Waals surface area (Å²) in [7, 11) is 1.67. The Bertz CT molecular complexity index is 140. The first-order valence-electron chi connectivity index (χ1n) is 2.79. The van der Waals surface area contributed by atoms with Crippen LogP contribution in [0.4, 0.5) is 0 Å². The van der Waals surface area contributed by atoms with Gasteiger partial charge in [0.1, 0.15) is 0 Å². The Kier molecular flexibility index (Phi) is 2.15. The lowest BCUT2D eigenvalue weighted by molar-refractivity contribution is 0.218. The molecule has 0 aromatic carbocycles. The molecular formula is C6H10N2O. The lowest BCUT2D eigenvalue weighted by atomic mass is 10.4. The van der Waals surface area contributed by atoms with E-state index in [9.17, 15) is 0 Å². The molecule has 1 rings (SSSR count). The summed E-state index contributed by atoms with van der Waals surface area (Å²) in [5, 5.41) is 0. The largest absolute Gasteiger partial charge is 0.378 e. The van der Waals surface area contributed by atoms with Crippen molar-refractivity contribution in [2.24, 2.45) is 0 Å². The summed E-state index contributed by atoms with van der Waals surface area (Å²) in [4.78, 5) is 0. The van der Waals surface area contributed by atoms with Gasteiger partial charge in [-0.25, -0.2) is 0 Å². The van der Waals surface area contributed by atoms with Crippen LogP contribution in [0.1, 0.15) is 0 Å². The van der Waals surface area contributed by atoms with Gasteiger partial charge >= 0.3 is 0 Å². The van der Waals surface area contributed by atoms with E-state index in [-0.39, 0.29) is 0 Å². The van der Waals surface area contributed by atoms with Crippen LogP contribution in [0, 0.1) is 0 Å². The second-order valence-corrected chi connectivity index (χ2v) is 1.75. The van der Waals surface area contributed by atoms with Gasteiger partial charge in [-0.15, -0.1) is 0 Å². The Balaban J connectivity index is 2.38. The Morgan fingerprint density at radius 3 is 3.11 bits per heavy atom. The van der Waals surface area contributed by atoms with Crippen LogP contribution in [-0.2, 0) is 4.74 Å². The van der Waals surface area contributed by atoms with Crippen molar-refractivity contribution in [3.8, 4) is 0 Å². The third kappa shape index (κ3) is 1.77. The molecule has 0 saturated carbocycles. The first-order chi connectivity index (χ1) is 4.43. The van der Waals surface area contributed by atoms with E-state index in [1.165, 1.54) is 0 Å². The molecule has 0 fully saturated rings. The molecule has 1 heterocycles. The highest BCUT2D eigenvalue weighted by Crippen LogP contribution is 1.91. The fourth-order valence-electron chi connectivity index (χ4n) is 0.628. The van der Waals surface area contributed by atoms with Crippen molar-refractivity contribution in [2.45, 2.75) is 0 Å². The number of hydrogen-bond acceptors (Lipinski definition) is 3. The quantitative estimate of drug-likeness (QED) is 0.552. The van der Waals surface area contributed by atoms with Crippen LogP contribution in [0.25, 0.3) is 0 Å².